The van der Waals surface area contributed by atoms with Crippen molar-refractivity contribution in [2.45, 2.75) is 4.90 Å². The van der Waals surface area contributed by atoms with Gasteiger partial charge in [-0.3, -0.25) is 9.52 Å². The second-order valence-electron chi connectivity index (χ2n) is 5.98. The quantitative estimate of drug-likeness (QED) is 0.423. The third-order valence-electron chi connectivity index (χ3n) is 3.89. The zero-order chi connectivity index (χ0) is 21.0. The van der Waals surface area contributed by atoms with Crippen molar-refractivity contribution in [1.29, 1.82) is 0 Å². The molecule has 0 spiro atoms. The van der Waals surface area contributed by atoms with E-state index in [2.05, 4.69) is 32.6 Å². The Hall–Kier alpha value is -2.92. The molecule has 0 saturated heterocycles. The highest BCUT2D eigenvalue weighted by Gasteiger charge is 2.17. The largest absolute Gasteiger partial charge is 0.478 e. The lowest BCUT2D eigenvalue weighted by atomic mass is 10.2. The number of aromatic carboxylic acids is 1. The average Bonchev–Trinajstić information content (AvgIpc) is 2.70. The monoisotopic (exact) mass is 522 g/mol. The van der Waals surface area contributed by atoms with E-state index >= 15 is 0 Å². The molecule has 0 radical (unpaired) electrons. The Labute approximate surface area is 181 Å². The summed E-state index contributed by atoms with van der Waals surface area (Å²) in [4.78, 5) is 23.3. The zero-order valence-corrected chi connectivity index (χ0v) is 17.8. The predicted molar refractivity (Wildman–Crippen MR) is 118 cm³/mol. The Morgan fingerprint density at radius 3 is 2.07 bits per heavy atom. The molecular formula is C20H15IN2O5S. The summed E-state index contributed by atoms with van der Waals surface area (Å²) in [5.41, 5.74) is 1.06. The van der Waals surface area contributed by atoms with Crippen molar-refractivity contribution in [1.82, 2.24) is 0 Å². The van der Waals surface area contributed by atoms with Crippen molar-refractivity contribution in [3.63, 3.8) is 0 Å². The van der Waals surface area contributed by atoms with E-state index in [1.54, 1.807) is 24.3 Å². The van der Waals surface area contributed by atoms with Crippen molar-refractivity contribution in [2.75, 3.05) is 10.0 Å². The first-order valence-corrected chi connectivity index (χ1v) is 10.8. The molecule has 29 heavy (non-hydrogen) atoms. The predicted octanol–water partition coefficient (Wildman–Crippen LogP) is 4.04. The fraction of sp³-hybridized carbons (Fsp3) is 0. The Morgan fingerprint density at radius 1 is 0.828 bits per heavy atom. The molecule has 7 nitrogen and oxygen atoms in total. The summed E-state index contributed by atoms with van der Waals surface area (Å²) in [6.45, 7) is 0. The molecule has 0 atom stereocenters. The van der Waals surface area contributed by atoms with Crippen LogP contribution >= 0.6 is 22.6 Å². The summed E-state index contributed by atoms with van der Waals surface area (Å²) >= 11 is 2.12. The average molecular weight is 522 g/mol. The molecule has 0 aliphatic heterocycles. The SMILES string of the molecule is O=C(O)c1ccc(NC(=O)c2cccc(S(=O)(=O)Nc3ccc(I)cc3)c2)cc1. The van der Waals surface area contributed by atoms with Crippen LogP contribution in [-0.2, 0) is 10.0 Å². The van der Waals surface area contributed by atoms with Crippen molar-refractivity contribution in [3.8, 4) is 0 Å². The molecule has 0 bridgehead atoms. The molecule has 0 aliphatic carbocycles. The van der Waals surface area contributed by atoms with Gasteiger partial charge in [-0.2, -0.15) is 0 Å². The van der Waals surface area contributed by atoms with E-state index in [9.17, 15) is 18.0 Å². The lowest BCUT2D eigenvalue weighted by Gasteiger charge is -2.10. The minimum atomic E-state index is -3.87. The minimum absolute atomic E-state index is 0.0510. The van der Waals surface area contributed by atoms with Crippen LogP contribution in [0.3, 0.4) is 0 Å². The lowest BCUT2D eigenvalue weighted by Crippen LogP contribution is -2.16. The number of sulfonamides is 1. The van der Waals surface area contributed by atoms with E-state index in [1.807, 2.05) is 0 Å². The number of hydrogen-bond donors (Lipinski definition) is 3. The number of carbonyl (C=O) groups excluding carboxylic acids is 1. The normalized spacial score (nSPS) is 10.9. The van der Waals surface area contributed by atoms with Gasteiger partial charge < -0.3 is 10.4 Å². The van der Waals surface area contributed by atoms with Crippen molar-refractivity contribution < 1.29 is 23.1 Å². The summed E-state index contributed by atoms with van der Waals surface area (Å²) in [5, 5.41) is 11.5. The first kappa shape index (κ1) is 20.8. The van der Waals surface area contributed by atoms with Gasteiger partial charge in [0.1, 0.15) is 0 Å². The van der Waals surface area contributed by atoms with Gasteiger partial charge in [0.2, 0.25) is 0 Å². The number of nitrogens with one attached hydrogen (secondary N) is 2. The smallest absolute Gasteiger partial charge is 0.335 e. The van der Waals surface area contributed by atoms with Crippen LogP contribution in [0.5, 0.6) is 0 Å². The van der Waals surface area contributed by atoms with Crippen LogP contribution in [0.1, 0.15) is 20.7 Å². The third-order valence-corrected chi connectivity index (χ3v) is 5.99. The van der Waals surface area contributed by atoms with Gasteiger partial charge in [-0.25, -0.2) is 13.2 Å². The molecule has 0 saturated carbocycles. The molecule has 0 aliphatic rings. The highest BCUT2D eigenvalue weighted by atomic mass is 127. The zero-order valence-electron chi connectivity index (χ0n) is 14.8. The van der Waals surface area contributed by atoms with Crippen LogP contribution in [0.4, 0.5) is 11.4 Å². The number of anilines is 2. The van der Waals surface area contributed by atoms with E-state index in [-0.39, 0.29) is 16.0 Å². The number of hydrogen-bond acceptors (Lipinski definition) is 4. The van der Waals surface area contributed by atoms with E-state index in [0.29, 0.717) is 11.4 Å². The maximum atomic E-state index is 12.6. The number of carboxylic acid groups (broad SMARTS) is 1. The van der Waals surface area contributed by atoms with E-state index in [0.717, 1.165) is 3.57 Å². The number of halogens is 1. The molecule has 0 unspecified atom stereocenters. The number of rotatable bonds is 6. The third kappa shape index (κ3) is 5.33. The summed E-state index contributed by atoms with van der Waals surface area (Å²) in [5.74, 6) is -1.58. The molecule has 3 N–H and O–H groups in total. The Bertz CT molecular complexity index is 1160. The van der Waals surface area contributed by atoms with Gasteiger partial charge >= 0.3 is 5.97 Å². The van der Waals surface area contributed by atoms with Gasteiger partial charge in [-0.15, -0.1) is 0 Å². The van der Waals surface area contributed by atoms with Crippen LogP contribution in [0, 0.1) is 3.57 Å². The van der Waals surface area contributed by atoms with E-state index in [1.165, 1.54) is 48.5 Å². The lowest BCUT2D eigenvalue weighted by molar-refractivity contribution is 0.0696. The highest BCUT2D eigenvalue weighted by molar-refractivity contribution is 14.1. The molecule has 3 aromatic carbocycles. The van der Waals surface area contributed by atoms with E-state index < -0.39 is 21.9 Å². The van der Waals surface area contributed by atoms with Crippen LogP contribution in [0.25, 0.3) is 0 Å². The van der Waals surface area contributed by atoms with Gasteiger partial charge in [0.15, 0.2) is 0 Å². The molecule has 0 heterocycles. The Morgan fingerprint density at radius 2 is 1.45 bits per heavy atom. The molecule has 0 fully saturated rings. The molecular weight excluding hydrogens is 507 g/mol. The Balaban J connectivity index is 1.78. The van der Waals surface area contributed by atoms with Gasteiger partial charge in [-0.1, -0.05) is 6.07 Å². The van der Waals surface area contributed by atoms with Crippen LogP contribution in [0.2, 0.25) is 0 Å². The number of benzene rings is 3. The van der Waals surface area contributed by atoms with E-state index in [4.69, 9.17) is 5.11 Å². The maximum Gasteiger partial charge on any atom is 0.335 e. The molecule has 9 heteroatoms. The van der Waals surface area contributed by atoms with Crippen molar-refractivity contribution in [2.24, 2.45) is 0 Å². The molecule has 3 rings (SSSR count). The minimum Gasteiger partial charge on any atom is -0.478 e. The maximum absolute atomic E-state index is 12.6. The van der Waals surface area contributed by atoms with Crippen molar-refractivity contribution in [3.05, 3.63) is 87.5 Å². The number of carbonyl (C=O) groups is 2. The standard InChI is InChI=1S/C20H15IN2O5S/c21-15-6-10-17(11-7-15)23-29(27,28)18-3-1-2-14(12-18)19(24)22-16-8-4-13(5-9-16)20(25)26/h1-12,23H,(H,22,24)(H,25,26). The molecule has 148 valence electrons. The Kier molecular flexibility index (Phi) is 6.18. The fourth-order valence-corrected chi connectivity index (χ4v) is 3.90. The topological polar surface area (TPSA) is 113 Å². The van der Waals surface area contributed by atoms with Gasteiger partial charge in [0.05, 0.1) is 10.5 Å². The summed E-state index contributed by atoms with van der Waals surface area (Å²) in [6, 6.07) is 18.1. The fourth-order valence-electron chi connectivity index (χ4n) is 2.44. The van der Waals surface area contributed by atoms with Crippen LogP contribution in [-0.4, -0.2) is 25.4 Å². The van der Waals surface area contributed by atoms with Gasteiger partial charge in [-0.05, 0) is 89.3 Å². The van der Waals surface area contributed by atoms with Crippen molar-refractivity contribution >= 4 is 55.9 Å². The molecule has 3 aromatic rings. The molecule has 0 aromatic heterocycles. The summed E-state index contributed by atoms with van der Waals surface area (Å²) < 4.78 is 28.7. The summed E-state index contributed by atoms with van der Waals surface area (Å²) in [6.07, 6.45) is 0. The number of amides is 1. The first-order valence-electron chi connectivity index (χ1n) is 8.28. The number of carboxylic acids is 1. The first-order chi connectivity index (χ1) is 13.7. The second-order valence-corrected chi connectivity index (χ2v) is 8.90. The second kappa shape index (κ2) is 8.62. The molecule has 1 amide bonds. The summed E-state index contributed by atoms with van der Waals surface area (Å²) in [7, 11) is -3.87. The highest BCUT2D eigenvalue weighted by Crippen LogP contribution is 2.19. The van der Waals surface area contributed by atoms with Crippen LogP contribution in [0.15, 0.2) is 77.7 Å². The van der Waals surface area contributed by atoms with Crippen LogP contribution < -0.4 is 10.0 Å². The van der Waals surface area contributed by atoms with Gasteiger partial charge in [0, 0.05) is 20.5 Å². The van der Waals surface area contributed by atoms with Gasteiger partial charge in [0.25, 0.3) is 15.9 Å².